The predicted octanol–water partition coefficient (Wildman–Crippen LogP) is 2.23. The minimum atomic E-state index is -0.272. The predicted molar refractivity (Wildman–Crippen MR) is 90.4 cm³/mol. The molecule has 0 saturated heterocycles. The minimum absolute atomic E-state index is 0.0748. The summed E-state index contributed by atoms with van der Waals surface area (Å²) in [4.78, 5) is 12.0. The van der Waals surface area contributed by atoms with Crippen molar-refractivity contribution < 1.29 is 9.90 Å². The van der Waals surface area contributed by atoms with Gasteiger partial charge in [0, 0.05) is 12.5 Å². The molecule has 2 aromatic carbocycles. The lowest BCUT2D eigenvalue weighted by atomic mass is 9.78. The van der Waals surface area contributed by atoms with Crippen LogP contribution >= 0.6 is 0 Å². The number of hydrogen-bond donors (Lipinski definition) is 3. The zero-order chi connectivity index (χ0) is 16.1. The molecule has 0 aliphatic heterocycles. The summed E-state index contributed by atoms with van der Waals surface area (Å²) >= 11 is 0. The van der Waals surface area contributed by atoms with E-state index in [0.717, 1.165) is 12.0 Å². The van der Waals surface area contributed by atoms with E-state index in [1.807, 2.05) is 42.5 Å². The summed E-state index contributed by atoms with van der Waals surface area (Å²) < 4.78 is 0. The number of urea groups is 1. The molecular formula is C19H22N2O2. The molecule has 0 unspecified atom stereocenters. The molecule has 4 nitrogen and oxygen atoms in total. The van der Waals surface area contributed by atoms with Gasteiger partial charge in [0.05, 0.1) is 12.6 Å². The Morgan fingerprint density at radius 2 is 1.87 bits per heavy atom. The van der Waals surface area contributed by atoms with Crippen molar-refractivity contribution in [3.63, 3.8) is 0 Å². The van der Waals surface area contributed by atoms with Gasteiger partial charge in [-0.1, -0.05) is 54.6 Å². The van der Waals surface area contributed by atoms with Crippen LogP contribution in [0.2, 0.25) is 0 Å². The lowest BCUT2D eigenvalue weighted by Crippen LogP contribution is -2.46. The summed E-state index contributed by atoms with van der Waals surface area (Å²) in [5.74, 6) is 0.402. The fourth-order valence-corrected chi connectivity index (χ4v) is 3.06. The highest BCUT2D eigenvalue weighted by molar-refractivity contribution is 5.74. The number of hydrogen-bond acceptors (Lipinski definition) is 2. The molecule has 0 saturated carbocycles. The van der Waals surface area contributed by atoms with Crippen molar-refractivity contribution in [1.82, 2.24) is 10.6 Å². The van der Waals surface area contributed by atoms with Crippen LogP contribution in [0.5, 0.6) is 0 Å². The number of rotatable bonds is 6. The Bertz CT molecular complexity index is 657. The second-order valence-corrected chi connectivity index (χ2v) is 6.02. The molecule has 2 amide bonds. The van der Waals surface area contributed by atoms with E-state index in [4.69, 9.17) is 0 Å². The van der Waals surface area contributed by atoms with Crippen molar-refractivity contribution in [2.45, 2.75) is 24.8 Å². The second-order valence-electron chi connectivity index (χ2n) is 6.02. The van der Waals surface area contributed by atoms with Crippen molar-refractivity contribution in [3.8, 4) is 0 Å². The van der Waals surface area contributed by atoms with Crippen molar-refractivity contribution in [1.29, 1.82) is 0 Å². The highest BCUT2D eigenvalue weighted by Crippen LogP contribution is 2.33. The molecule has 2 atom stereocenters. The van der Waals surface area contributed by atoms with E-state index in [0.29, 0.717) is 18.9 Å². The maximum absolute atomic E-state index is 12.0. The van der Waals surface area contributed by atoms with Gasteiger partial charge in [-0.3, -0.25) is 0 Å². The number of carbonyl (C=O) groups excluding carboxylic acids is 1. The quantitative estimate of drug-likeness (QED) is 0.766. The minimum Gasteiger partial charge on any atom is -0.394 e. The van der Waals surface area contributed by atoms with E-state index < -0.39 is 0 Å². The Morgan fingerprint density at radius 3 is 2.61 bits per heavy atom. The van der Waals surface area contributed by atoms with Crippen LogP contribution in [-0.2, 0) is 12.8 Å². The van der Waals surface area contributed by atoms with Gasteiger partial charge in [-0.05, 0) is 29.5 Å². The largest absolute Gasteiger partial charge is 0.394 e. The van der Waals surface area contributed by atoms with Gasteiger partial charge >= 0.3 is 6.03 Å². The Morgan fingerprint density at radius 1 is 1.13 bits per heavy atom. The molecule has 0 bridgehead atoms. The van der Waals surface area contributed by atoms with Gasteiger partial charge in [0.2, 0.25) is 0 Å². The number of fused-ring (bicyclic) bond motifs is 1. The molecule has 1 aliphatic carbocycles. The molecule has 4 heteroatoms. The van der Waals surface area contributed by atoms with Crippen molar-refractivity contribution in [2.24, 2.45) is 0 Å². The molecule has 0 aromatic heterocycles. The van der Waals surface area contributed by atoms with Crippen LogP contribution in [0, 0.1) is 0 Å². The van der Waals surface area contributed by atoms with Gasteiger partial charge in [0.15, 0.2) is 0 Å². The van der Waals surface area contributed by atoms with Crippen LogP contribution in [0.15, 0.2) is 54.6 Å². The van der Waals surface area contributed by atoms with Crippen LogP contribution in [0.3, 0.4) is 0 Å². The van der Waals surface area contributed by atoms with Crippen molar-refractivity contribution >= 4 is 6.03 Å². The van der Waals surface area contributed by atoms with Gasteiger partial charge in [0.1, 0.15) is 0 Å². The summed E-state index contributed by atoms with van der Waals surface area (Å²) in [6.45, 7) is 0.556. The SMILES string of the molecule is O=C(NC[C@H]1Cc2ccccc21)N[C@H](CO)Cc1ccccc1. The fraction of sp³-hybridized carbons (Fsp3) is 0.316. The number of aliphatic hydroxyl groups is 1. The molecule has 23 heavy (non-hydrogen) atoms. The zero-order valence-electron chi connectivity index (χ0n) is 13.0. The Kier molecular flexibility index (Phi) is 4.93. The van der Waals surface area contributed by atoms with Crippen molar-refractivity contribution in [2.75, 3.05) is 13.2 Å². The van der Waals surface area contributed by atoms with Crippen LogP contribution in [0.4, 0.5) is 4.79 Å². The van der Waals surface area contributed by atoms with E-state index >= 15 is 0 Å². The lowest BCUT2D eigenvalue weighted by Gasteiger charge is -2.30. The van der Waals surface area contributed by atoms with E-state index in [1.54, 1.807) is 0 Å². The van der Waals surface area contributed by atoms with Gasteiger partial charge in [-0.15, -0.1) is 0 Å². The summed E-state index contributed by atoms with van der Waals surface area (Å²) in [7, 11) is 0. The summed E-state index contributed by atoms with van der Waals surface area (Å²) in [6, 6.07) is 17.7. The third-order valence-electron chi connectivity index (χ3n) is 4.35. The molecule has 3 N–H and O–H groups in total. The van der Waals surface area contributed by atoms with E-state index in [-0.39, 0.29) is 18.7 Å². The molecule has 0 fully saturated rings. The lowest BCUT2D eigenvalue weighted by molar-refractivity contribution is 0.215. The van der Waals surface area contributed by atoms with Crippen molar-refractivity contribution in [3.05, 3.63) is 71.3 Å². The molecule has 3 rings (SSSR count). The fourth-order valence-electron chi connectivity index (χ4n) is 3.06. The van der Waals surface area contributed by atoms with E-state index in [9.17, 15) is 9.90 Å². The van der Waals surface area contributed by atoms with Crippen LogP contribution in [-0.4, -0.2) is 30.3 Å². The first-order valence-electron chi connectivity index (χ1n) is 8.03. The van der Waals surface area contributed by atoms with Gasteiger partial charge in [-0.25, -0.2) is 4.79 Å². The first-order valence-corrected chi connectivity index (χ1v) is 8.03. The van der Waals surface area contributed by atoms with E-state index in [1.165, 1.54) is 11.1 Å². The molecular weight excluding hydrogens is 288 g/mol. The van der Waals surface area contributed by atoms with Crippen LogP contribution in [0.1, 0.15) is 22.6 Å². The first-order chi connectivity index (χ1) is 11.3. The Hall–Kier alpha value is -2.33. The topological polar surface area (TPSA) is 61.4 Å². The molecule has 0 spiro atoms. The van der Waals surface area contributed by atoms with Gasteiger partial charge in [0.25, 0.3) is 0 Å². The summed E-state index contributed by atoms with van der Waals surface area (Å²) in [5, 5.41) is 15.2. The maximum atomic E-state index is 12.0. The highest BCUT2D eigenvalue weighted by Gasteiger charge is 2.25. The molecule has 120 valence electrons. The molecule has 2 aromatic rings. The average molecular weight is 310 g/mol. The second kappa shape index (κ2) is 7.29. The third-order valence-corrected chi connectivity index (χ3v) is 4.35. The van der Waals surface area contributed by atoms with E-state index in [2.05, 4.69) is 22.8 Å². The Balaban J connectivity index is 1.45. The molecule has 0 radical (unpaired) electrons. The number of carbonyl (C=O) groups is 1. The number of nitrogens with one attached hydrogen (secondary N) is 2. The normalized spacial score (nSPS) is 16.8. The maximum Gasteiger partial charge on any atom is 0.315 e. The van der Waals surface area contributed by atoms with Crippen LogP contribution < -0.4 is 10.6 Å². The molecule has 1 aliphatic rings. The van der Waals surface area contributed by atoms with Crippen LogP contribution in [0.25, 0.3) is 0 Å². The summed E-state index contributed by atoms with van der Waals surface area (Å²) in [6.07, 6.45) is 1.64. The monoisotopic (exact) mass is 310 g/mol. The zero-order valence-corrected chi connectivity index (χ0v) is 13.0. The molecule has 0 heterocycles. The third kappa shape index (κ3) is 3.90. The highest BCUT2D eigenvalue weighted by atomic mass is 16.3. The standard InChI is InChI=1S/C19H22N2O2/c22-13-17(10-14-6-2-1-3-7-14)21-19(23)20-12-16-11-15-8-4-5-9-18(15)16/h1-9,16-17,22H,10-13H2,(H2,20,21,23)/t16-,17+/m1/s1. The number of amides is 2. The Labute approximate surface area is 136 Å². The first kappa shape index (κ1) is 15.6. The number of aliphatic hydroxyl groups excluding tert-OH is 1. The summed E-state index contributed by atoms with van der Waals surface area (Å²) in [5.41, 5.74) is 3.80. The smallest absolute Gasteiger partial charge is 0.315 e. The van der Waals surface area contributed by atoms with Gasteiger partial charge in [-0.2, -0.15) is 0 Å². The number of benzene rings is 2. The van der Waals surface area contributed by atoms with Gasteiger partial charge < -0.3 is 15.7 Å². The average Bonchev–Trinajstić information content (AvgIpc) is 2.56.